The Labute approximate surface area is 183 Å². The minimum absolute atomic E-state index is 0.272. The van der Waals surface area contributed by atoms with Gasteiger partial charge in [-0.25, -0.2) is 8.42 Å². The highest BCUT2D eigenvalue weighted by Gasteiger charge is 2.21. The van der Waals surface area contributed by atoms with Crippen LogP contribution < -0.4 is 14.4 Å². The van der Waals surface area contributed by atoms with Gasteiger partial charge in [-0.05, 0) is 29.8 Å². The number of carbonyl (C=O) groups excluding carboxylic acids is 1. The molecule has 3 rings (SSSR count). The van der Waals surface area contributed by atoms with Gasteiger partial charge in [0.05, 0.1) is 25.2 Å². The second-order valence-corrected chi connectivity index (χ2v) is 9.25. The van der Waals surface area contributed by atoms with Gasteiger partial charge in [0.15, 0.2) is 0 Å². The summed E-state index contributed by atoms with van der Waals surface area (Å²) in [5.74, 6) is 0.277. The summed E-state index contributed by atoms with van der Waals surface area (Å²) in [4.78, 5) is 14.6. The lowest BCUT2D eigenvalue weighted by Gasteiger charge is -2.27. The monoisotopic (exact) mass is 447 g/mol. The number of nitrogens with one attached hydrogen (secondary N) is 1. The van der Waals surface area contributed by atoms with Crippen LogP contribution in [0.15, 0.2) is 54.6 Å². The molecule has 0 saturated carbocycles. The fourth-order valence-electron chi connectivity index (χ4n) is 3.21. The quantitative estimate of drug-likeness (QED) is 0.594. The Bertz CT molecular complexity index is 929. The summed E-state index contributed by atoms with van der Waals surface area (Å²) in [5.41, 5.74) is 1.45. The van der Waals surface area contributed by atoms with Crippen molar-refractivity contribution in [3.05, 3.63) is 60.2 Å². The molecule has 0 bridgehead atoms. The van der Waals surface area contributed by atoms with Crippen molar-refractivity contribution in [3.63, 3.8) is 0 Å². The van der Waals surface area contributed by atoms with Gasteiger partial charge in [0, 0.05) is 26.2 Å². The highest BCUT2D eigenvalue weighted by Crippen LogP contribution is 2.22. The lowest BCUT2D eigenvalue weighted by Crippen LogP contribution is -2.44. The number of hydrogen-bond acceptors (Lipinski definition) is 6. The van der Waals surface area contributed by atoms with Crippen LogP contribution in [0.5, 0.6) is 5.75 Å². The van der Waals surface area contributed by atoms with Crippen LogP contribution in [0.4, 0.5) is 5.69 Å². The molecule has 2 aromatic rings. The van der Waals surface area contributed by atoms with E-state index in [4.69, 9.17) is 9.47 Å². The first kappa shape index (κ1) is 23.1. The molecule has 1 aliphatic heterocycles. The van der Waals surface area contributed by atoms with Crippen LogP contribution in [0.1, 0.15) is 5.56 Å². The van der Waals surface area contributed by atoms with Crippen LogP contribution in [0.25, 0.3) is 0 Å². The van der Waals surface area contributed by atoms with E-state index in [1.54, 1.807) is 24.3 Å². The normalized spacial score (nSPS) is 14.7. The molecule has 8 nitrogen and oxygen atoms in total. The molecule has 1 aliphatic rings. The van der Waals surface area contributed by atoms with Gasteiger partial charge in [0.2, 0.25) is 15.9 Å². The maximum atomic E-state index is 12.4. The van der Waals surface area contributed by atoms with Crippen molar-refractivity contribution < 1.29 is 22.7 Å². The molecule has 0 atom stereocenters. The van der Waals surface area contributed by atoms with Crippen molar-refractivity contribution in [2.24, 2.45) is 0 Å². The molecule has 1 amide bonds. The predicted octanol–water partition coefficient (Wildman–Crippen LogP) is 1.48. The Kier molecular flexibility index (Phi) is 8.27. The zero-order valence-electron chi connectivity index (χ0n) is 17.7. The van der Waals surface area contributed by atoms with E-state index in [0.29, 0.717) is 44.3 Å². The lowest BCUT2D eigenvalue weighted by molar-refractivity contribution is -0.119. The van der Waals surface area contributed by atoms with E-state index in [1.807, 2.05) is 30.3 Å². The van der Waals surface area contributed by atoms with Crippen molar-refractivity contribution in [2.75, 3.05) is 56.5 Å². The Morgan fingerprint density at radius 1 is 1.10 bits per heavy atom. The highest BCUT2D eigenvalue weighted by molar-refractivity contribution is 7.92. The second-order valence-electron chi connectivity index (χ2n) is 7.34. The molecule has 0 spiro atoms. The smallest absolute Gasteiger partial charge is 0.240 e. The highest BCUT2D eigenvalue weighted by atomic mass is 32.2. The Morgan fingerprint density at radius 3 is 2.42 bits per heavy atom. The number of morpholine rings is 1. The molecule has 31 heavy (non-hydrogen) atoms. The van der Waals surface area contributed by atoms with Crippen LogP contribution in [-0.4, -0.2) is 71.4 Å². The molecular weight excluding hydrogens is 418 g/mol. The molecule has 0 radical (unpaired) electrons. The number of hydrogen-bond donors (Lipinski definition) is 1. The van der Waals surface area contributed by atoms with Gasteiger partial charge in [-0.15, -0.1) is 0 Å². The summed E-state index contributed by atoms with van der Waals surface area (Å²) in [5, 5.41) is 2.80. The third kappa shape index (κ3) is 7.54. The molecule has 2 aromatic carbocycles. The van der Waals surface area contributed by atoms with Crippen LogP contribution >= 0.6 is 0 Å². The van der Waals surface area contributed by atoms with Crippen molar-refractivity contribution in [1.82, 2.24) is 10.2 Å². The van der Waals surface area contributed by atoms with E-state index in [0.717, 1.165) is 29.2 Å². The van der Waals surface area contributed by atoms with E-state index in [1.165, 1.54) is 0 Å². The summed E-state index contributed by atoms with van der Waals surface area (Å²) in [6, 6.07) is 16.5. The Morgan fingerprint density at radius 2 is 1.77 bits per heavy atom. The summed E-state index contributed by atoms with van der Waals surface area (Å²) >= 11 is 0. The van der Waals surface area contributed by atoms with Gasteiger partial charge in [-0.1, -0.05) is 30.3 Å². The van der Waals surface area contributed by atoms with Gasteiger partial charge < -0.3 is 14.8 Å². The van der Waals surface area contributed by atoms with Gasteiger partial charge in [-0.2, -0.15) is 0 Å². The molecule has 1 saturated heterocycles. The fourth-order valence-corrected chi connectivity index (χ4v) is 4.07. The minimum atomic E-state index is -3.62. The topological polar surface area (TPSA) is 88.2 Å². The average molecular weight is 448 g/mol. The molecule has 0 aromatic heterocycles. The first-order chi connectivity index (χ1) is 14.9. The standard InChI is InChI=1S/C22H29N3O5S/c1-31(27,28)25(17-22(26)23-11-12-24-13-15-29-16-14-24)20-7-9-21(10-8-20)30-18-19-5-3-2-4-6-19/h2-10H,11-18H2,1H3,(H,23,26). The second kappa shape index (κ2) is 11.1. The molecule has 0 aliphatic carbocycles. The van der Waals surface area contributed by atoms with Crippen molar-refractivity contribution in [1.29, 1.82) is 0 Å². The minimum Gasteiger partial charge on any atom is -0.489 e. The maximum Gasteiger partial charge on any atom is 0.240 e. The van der Waals surface area contributed by atoms with Crippen LogP contribution in [0.3, 0.4) is 0 Å². The van der Waals surface area contributed by atoms with Gasteiger partial charge in [-0.3, -0.25) is 14.0 Å². The van der Waals surface area contributed by atoms with E-state index in [9.17, 15) is 13.2 Å². The molecule has 9 heteroatoms. The summed E-state index contributed by atoms with van der Waals surface area (Å²) in [7, 11) is -3.62. The van der Waals surface area contributed by atoms with Crippen molar-refractivity contribution >= 4 is 21.6 Å². The largest absolute Gasteiger partial charge is 0.489 e. The van der Waals surface area contributed by atoms with E-state index < -0.39 is 10.0 Å². The predicted molar refractivity (Wildman–Crippen MR) is 120 cm³/mol. The van der Waals surface area contributed by atoms with Gasteiger partial charge >= 0.3 is 0 Å². The lowest BCUT2D eigenvalue weighted by atomic mass is 10.2. The van der Waals surface area contributed by atoms with E-state index in [2.05, 4.69) is 10.2 Å². The number of nitrogens with zero attached hydrogens (tertiary/aromatic N) is 2. The van der Waals surface area contributed by atoms with Crippen LogP contribution in [-0.2, 0) is 26.2 Å². The first-order valence-electron chi connectivity index (χ1n) is 10.2. The summed E-state index contributed by atoms with van der Waals surface area (Å²) in [6.45, 7) is 4.38. The Hall–Kier alpha value is -2.62. The number of amides is 1. The van der Waals surface area contributed by atoms with Crippen molar-refractivity contribution in [2.45, 2.75) is 6.61 Å². The summed E-state index contributed by atoms with van der Waals surface area (Å²) in [6.07, 6.45) is 1.09. The zero-order valence-corrected chi connectivity index (χ0v) is 18.5. The van der Waals surface area contributed by atoms with Gasteiger partial charge in [0.1, 0.15) is 18.9 Å². The number of benzene rings is 2. The molecule has 1 N–H and O–H groups in total. The molecular formula is C22H29N3O5S. The number of rotatable bonds is 10. The molecule has 0 unspecified atom stereocenters. The van der Waals surface area contributed by atoms with E-state index >= 15 is 0 Å². The average Bonchev–Trinajstić information content (AvgIpc) is 2.77. The number of anilines is 1. The zero-order chi connectivity index (χ0) is 22.1. The number of carbonyl (C=O) groups is 1. The fraction of sp³-hybridized carbons (Fsp3) is 0.409. The number of ether oxygens (including phenoxy) is 2. The third-order valence-corrected chi connectivity index (χ3v) is 6.06. The maximum absolute atomic E-state index is 12.4. The Balaban J connectivity index is 1.54. The van der Waals surface area contributed by atoms with Crippen molar-refractivity contribution in [3.8, 4) is 5.75 Å². The molecule has 1 fully saturated rings. The van der Waals surface area contributed by atoms with Gasteiger partial charge in [0.25, 0.3) is 0 Å². The van der Waals surface area contributed by atoms with E-state index in [-0.39, 0.29) is 12.5 Å². The molecule has 1 heterocycles. The SMILES string of the molecule is CS(=O)(=O)N(CC(=O)NCCN1CCOCC1)c1ccc(OCc2ccccc2)cc1. The van der Waals surface area contributed by atoms with Crippen LogP contribution in [0, 0.1) is 0 Å². The molecule has 168 valence electrons. The third-order valence-electron chi connectivity index (χ3n) is 4.91. The summed E-state index contributed by atoms with van der Waals surface area (Å²) < 4.78 is 36.7. The first-order valence-corrected chi connectivity index (χ1v) is 12.1. The van der Waals surface area contributed by atoms with Crippen LogP contribution in [0.2, 0.25) is 0 Å². The number of sulfonamides is 1.